The zero-order valence-corrected chi connectivity index (χ0v) is 15.7. The Bertz CT molecular complexity index is 773. The minimum Gasteiger partial charge on any atom is -0.309 e. The quantitative estimate of drug-likeness (QED) is 0.778. The van der Waals surface area contributed by atoms with Gasteiger partial charge in [-0.3, -0.25) is 4.79 Å². The maximum Gasteiger partial charge on any atom is 0.225 e. The average molecular weight is 349 g/mol. The minimum absolute atomic E-state index is 0.0436. The van der Waals surface area contributed by atoms with Crippen molar-refractivity contribution in [2.24, 2.45) is 5.92 Å². The zero-order valence-electron chi connectivity index (χ0n) is 15.7. The van der Waals surface area contributed by atoms with E-state index in [-0.39, 0.29) is 5.91 Å². The van der Waals surface area contributed by atoms with Crippen LogP contribution in [0.3, 0.4) is 0 Å². The predicted molar refractivity (Wildman–Crippen MR) is 107 cm³/mol. The van der Waals surface area contributed by atoms with E-state index in [2.05, 4.69) is 10.3 Å². The first-order chi connectivity index (χ1) is 12.6. The maximum atomic E-state index is 12.5. The van der Waals surface area contributed by atoms with E-state index in [1.807, 2.05) is 50.3 Å². The second-order valence-corrected chi connectivity index (χ2v) is 7.33. The number of benzene rings is 1. The van der Waals surface area contributed by atoms with Crippen molar-refractivity contribution in [2.45, 2.75) is 52.4 Å². The SMILES string of the molecule is CC(C)=Cc1nc(-c2ccccc2)cnc1NC(=O)CC1CCCCC1. The van der Waals surface area contributed by atoms with E-state index in [0.717, 1.165) is 29.7 Å². The number of carbonyl (C=O) groups is 1. The molecule has 2 aromatic rings. The van der Waals surface area contributed by atoms with Crippen LogP contribution in [-0.2, 0) is 4.79 Å². The molecule has 0 saturated heterocycles. The van der Waals surface area contributed by atoms with Gasteiger partial charge in [0, 0.05) is 12.0 Å². The van der Waals surface area contributed by atoms with Crippen LogP contribution in [0.25, 0.3) is 17.3 Å². The maximum absolute atomic E-state index is 12.5. The molecule has 1 heterocycles. The van der Waals surface area contributed by atoms with Crippen molar-refractivity contribution < 1.29 is 4.79 Å². The number of hydrogen-bond acceptors (Lipinski definition) is 3. The Kier molecular flexibility index (Phi) is 6.16. The third-order valence-electron chi connectivity index (χ3n) is 4.75. The van der Waals surface area contributed by atoms with E-state index in [0.29, 0.717) is 23.9 Å². The third kappa shape index (κ3) is 5.01. The molecule has 1 N–H and O–H groups in total. The average Bonchev–Trinajstić information content (AvgIpc) is 2.64. The number of allylic oxidation sites excluding steroid dienone is 1. The highest BCUT2D eigenvalue weighted by Crippen LogP contribution is 2.27. The lowest BCUT2D eigenvalue weighted by atomic mass is 9.87. The largest absolute Gasteiger partial charge is 0.309 e. The third-order valence-corrected chi connectivity index (χ3v) is 4.75. The summed E-state index contributed by atoms with van der Waals surface area (Å²) in [6, 6.07) is 9.97. The van der Waals surface area contributed by atoms with Crippen LogP contribution in [0.1, 0.15) is 58.1 Å². The van der Waals surface area contributed by atoms with Gasteiger partial charge in [0.2, 0.25) is 5.91 Å². The van der Waals surface area contributed by atoms with Gasteiger partial charge in [0.25, 0.3) is 0 Å². The Balaban J connectivity index is 1.79. The summed E-state index contributed by atoms with van der Waals surface area (Å²) in [7, 11) is 0. The molecule has 1 fully saturated rings. The summed E-state index contributed by atoms with van der Waals surface area (Å²) in [4.78, 5) is 21.7. The van der Waals surface area contributed by atoms with Crippen molar-refractivity contribution >= 4 is 17.8 Å². The number of hydrogen-bond donors (Lipinski definition) is 1. The molecule has 1 amide bonds. The van der Waals surface area contributed by atoms with Gasteiger partial charge < -0.3 is 5.32 Å². The molecule has 0 spiro atoms. The van der Waals surface area contributed by atoms with Gasteiger partial charge in [0.15, 0.2) is 5.82 Å². The molecule has 1 aliphatic rings. The minimum atomic E-state index is 0.0436. The van der Waals surface area contributed by atoms with Gasteiger partial charge in [-0.25, -0.2) is 9.97 Å². The standard InChI is InChI=1S/C22H27N3O/c1-16(2)13-19-22(25-21(26)14-17-9-5-3-6-10-17)23-15-20(24-19)18-11-7-4-8-12-18/h4,7-8,11-13,15,17H,3,5-6,9-10,14H2,1-2H3,(H,23,25,26). The molecule has 4 nitrogen and oxygen atoms in total. The van der Waals surface area contributed by atoms with Crippen LogP contribution in [0.4, 0.5) is 5.82 Å². The van der Waals surface area contributed by atoms with Crippen LogP contribution < -0.4 is 5.32 Å². The summed E-state index contributed by atoms with van der Waals surface area (Å²) in [5, 5.41) is 2.98. The van der Waals surface area contributed by atoms with Gasteiger partial charge in [0.1, 0.15) is 5.69 Å². The summed E-state index contributed by atoms with van der Waals surface area (Å²) in [6.45, 7) is 4.04. The lowest BCUT2D eigenvalue weighted by Crippen LogP contribution is -2.19. The molecule has 1 saturated carbocycles. The lowest BCUT2D eigenvalue weighted by Gasteiger charge is -2.20. The molecule has 26 heavy (non-hydrogen) atoms. The number of anilines is 1. The molecule has 1 aromatic carbocycles. The van der Waals surface area contributed by atoms with Crippen molar-refractivity contribution in [3.63, 3.8) is 0 Å². The van der Waals surface area contributed by atoms with Crippen LogP contribution in [-0.4, -0.2) is 15.9 Å². The summed E-state index contributed by atoms with van der Waals surface area (Å²) in [5.41, 5.74) is 3.66. The first-order valence-electron chi connectivity index (χ1n) is 9.49. The molecule has 4 heteroatoms. The highest BCUT2D eigenvalue weighted by molar-refractivity contribution is 5.91. The zero-order chi connectivity index (χ0) is 18.4. The number of aromatic nitrogens is 2. The van der Waals surface area contributed by atoms with Crippen molar-refractivity contribution in [3.05, 3.63) is 47.8 Å². The Morgan fingerprint density at radius 1 is 1.15 bits per heavy atom. The van der Waals surface area contributed by atoms with Crippen molar-refractivity contribution in [2.75, 3.05) is 5.32 Å². The lowest BCUT2D eigenvalue weighted by molar-refractivity contribution is -0.117. The molecule has 136 valence electrons. The molecular weight excluding hydrogens is 322 g/mol. The number of rotatable bonds is 5. The van der Waals surface area contributed by atoms with E-state index in [9.17, 15) is 4.79 Å². The van der Waals surface area contributed by atoms with E-state index in [4.69, 9.17) is 4.98 Å². The Morgan fingerprint density at radius 3 is 2.58 bits per heavy atom. The summed E-state index contributed by atoms with van der Waals surface area (Å²) in [6.07, 6.45) is 10.4. The molecular formula is C22H27N3O. The van der Waals surface area contributed by atoms with Gasteiger partial charge in [-0.1, -0.05) is 55.2 Å². The van der Waals surface area contributed by atoms with Crippen LogP contribution >= 0.6 is 0 Å². The predicted octanol–water partition coefficient (Wildman–Crippen LogP) is 5.48. The highest BCUT2D eigenvalue weighted by Gasteiger charge is 2.18. The van der Waals surface area contributed by atoms with Gasteiger partial charge >= 0.3 is 0 Å². The fraction of sp³-hybridized carbons (Fsp3) is 0.409. The Labute approximate surface area is 155 Å². The van der Waals surface area contributed by atoms with Crippen LogP contribution in [0.15, 0.2) is 42.1 Å². The van der Waals surface area contributed by atoms with Gasteiger partial charge in [0.05, 0.1) is 11.9 Å². The number of carbonyl (C=O) groups excluding carboxylic acids is 1. The van der Waals surface area contributed by atoms with E-state index in [1.54, 1.807) is 6.20 Å². The van der Waals surface area contributed by atoms with Gasteiger partial charge in [-0.05, 0) is 38.7 Å². The van der Waals surface area contributed by atoms with Crippen molar-refractivity contribution in [1.29, 1.82) is 0 Å². The van der Waals surface area contributed by atoms with Gasteiger partial charge in [-0.2, -0.15) is 0 Å². The summed E-state index contributed by atoms with van der Waals surface area (Å²) >= 11 is 0. The first kappa shape index (κ1) is 18.3. The topological polar surface area (TPSA) is 54.9 Å². The number of nitrogens with one attached hydrogen (secondary N) is 1. The highest BCUT2D eigenvalue weighted by atomic mass is 16.1. The van der Waals surface area contributed by atoms with Crippen LogP contribution in [0.5, 0.6) is 0 Å². The van der Waals surface area contributed by atoms with Crippen molar-refractivity contribution in [3.8, 4) is 11.3 Å². The van der Waals surface area contributed by atoms with E-state index >= 15 is 0 Å². The molecule has 0 radical (unpaired) electrons. The second-order valence-electron chi connectivity index (χ2n) is 7.33. The fourth-order valence-corrected chi connectivity index (χ4v) is 3.46. The number of amides is 1. The summed E-state index contributed by atoms with van der Waals surface area (Å²) in [5.74, 6) is 1.10. The molecule has 0 atom stereocenters. The van der Waals surface area contributed by atoms with Gasteiger partial charge in [-0.15, -0.1) is 0 Å². The Hall–Kier alpha value is -2.49. The monoisotopic (exact) mass is 349 g/mol. The molecule has 0 unspecified atom stereocenters. The normalized spacial score (nSPS) is 14.7. The second kappa shape index (κ2) is 8.75. The van der Waals surface area contributed by atoms with Crippen LogP contribution in [0.2, 0.25) is 0 Å². The number of nitrogens with zero attached hydrogens (tertiary/aromatic N) is 2. The molecule has 1 aliphatic carbocycles. The van der Waals surface area contributed by atoms with Crippen LogP contribution in [0, 0.1) is 5.92 Å². The first-order valence-corrected chi connectivity index (χ1v) is 9.49. The Morgan fingerprint density at radius 2 is 1.88 bits per heavy atom. The molecule has 0 bridgehead atoms. The summed E-state index contributed by atoms with van der Waals surface area (Å²) < 4.78 is 0. The van der Waals surface area contributed by atoms with E-state index in [1.165, 1.54) is 19.3 Å². The fourth-order valence-electron chi connectivity index (χ4n) is 3.46. The molecule has 1 aromatic heterocycles. The molecule has 0 aliphatic heterocycles. The molecule has 3 rings (SSSR count). The van der Waals surface area contributed by atoms with E-state index < -0.39 is 0 Å². The van der Waals surface area contributed by atoms with Crippen molar-refractivity contribution in [1.82, 2.24) is 9.97 Å². The smallest absolute Gasteiger partial charge is 0.225 e.